The highest BCUT2D eigenvalue weighted by Gasteiger charge is 2.73. The summed E-state index contributed by atoms with van der Waals surface area (Å²) in [5.41, 5.74) is -3.42. The summed E-state index contributed by atoms with van der Waals surface area (Å²) in [4.78, 5) is 12.1. The molecule has 0 heterocycles. The zero-order valence-electron chi connectivity index (χ0n) is 14.1. The summed E-state index contributed by atoms with van der Waals surface area (Å²) >= 11 is 0. The van der Waals surface area contributed by atoms with E-state index in [1.807, 2.05) is 6.07 Å². The Bertz CT molecular complexity index is 768. The van der Waals surface area contributed by atoms with Crippen molar-refractivity contribution in [3.05, 3.63) is 47.1 Å². The lowest BCUT2D eigenvalue weighted by Gasteiger charge is -2.12. The second-order valence-corrected chi connectivity index (χ2v) is 6.78. The van der Waals surface area contributed by atoms with Gasteiger partial charge in [0.15, 0.2) is 23.3 Å². The molecule has 0 amide bonds. The lowest BCUT2D eigenvalue weighted by atomic mass is 10.0. The number of hydrogen-bond donors (Lipinski definition) is 0. The number of carbonyl (C=O) groups excluding carboxylic acids is 1. The van der Waals surface area contributed by atoms with Gasteiger partial charge in [0.05, 0.1) is 23.0 Å². The van der Waals surface area contributed by atoms with Crippen molar-refractivity contribution in [2.75, 3.05) is 0 Å². The average Bonchev–Trinajstić information content (AvgIpc) is 3.02. The molecule has 1 aliphatic rings. The van der Waals surface area contributed by atoms with E-state index >= 15 is 0 Å². The second kappa shape index (κ2) is 6.17. The lowest BCUT2D eigenvalue weighted by molar-refractivity contribution is -0.148. The highest BCUT2D eigenvalue weighted by Crippen LogP contribution is 2.68. The molecule has 134 valence electrons. The van der Waals surface area contributed by atoms with Crippen molar-refractivity contribution in [2.24, 2.45) is 16.7 Å². The van der Waals surface area contributed by atoms with Crippen LogP contribution in [0.5, 0.6) is 0 Å². The molecule has 0 spiro atoms. The molecule has 7 heteroatoms. The molecule has 0 radical (unpaired) electrons. The van der Waals surface area contributed by atoms with Gasteiger partial charge in [0.2, 0.25) is 0 Å². The van der Waals surface area contributed by atoms with Crippen molar-refractivity contribution in [3.8, 4) is 6.07 Å². The largest absolute Gasteiger partial charge is 0.460 e. The first-order valence-electron chi connectivity index (χ1n) is 7.57. The van der Waals surface area contributed by atoms with E-state index in [0.717, 1.165) is 6.08 Å². The maximum atomic E-state index is 14.0. The quantitative estimate of drug-likeness (QED) is 0.344. The van der Waals surface area contributed by atoms with Gasteiger partial charge in [-0.25, -0.2) is 17.6 Å². The minimum atomic E-state index is -1.61. The van der Waals surface area contributed by atoms with Crippen molar-refractivity contribution in [2.45, 2.75) is 33.8 Å². The van der Waals surface area contributed by atoms with E-state index in [0.29, 0.717) is 0 Å². The summed E-state index contributed by atoms with van der Waals surface area (Å²) in [7, 11) is 0. The molecule has 1 aromatic carbocycles. The zero-order chi connectivity index (χ0) is 19.2. The first kappa shape index (κ1) is 19.0. The smallest absolute Gasteiger partial charge is 0.311 e. The van der Waals surface area contributed by atoms with E-state index in [4.69, 9.17) is 10.00 Å². The highest BCUT2D eigenvalue weighted by atomic mass is 19.2. The Hall–Kier alpha value is -2.36. The van der Waals surface area contributed by atoms with Crippen LogP contribution in [0.4, 0.5) is 17.6 Å². The topological polar surface area (TPSA) is 50.1 Å². The van der Waals surface area contributed by atoms with Crippen LogP contribution in [0.1, 0.15) is 31.9 Å². The number of ether oxygens (including phenoxy) is 1. The number of carbonyl (C=O) groups is 1. The normalized spacial score (nSPS) is 23.7. The molecular formula is C18H17F4NO2. The van der Waals surface area contributed by atoms with Gasteiger partial charge in [-0.05, 0) is 18.8 Å². The Morgan fingerprint density at radius 3 is 2.04 bits per heavy atom. The van der Waals surface area contributed by atoms with Gasteiger partial charge in [0.1, 0.15) is 6.61 Å². The standard InChI is InChI=1S/C18H17F4NO2/c1-5-6-9-11(19)13(21)10(14(22)12(9)20)7-25-16(24)15-17(2,3)18(15,4)8-23/h5,15H,1,6-7H2,2-4H3/t15-,18-/m1/s1. The van der Waals surface area contributed by atoms with Gasteiger partial charge in [0, 0.05) is 5.56 Å². The molecule has 0 aromatic heterocycles. The predicted molar refractivity (Wildman–Crippen MR) is 81.0 cm³/mol. The molecule has 0 unspecified atom stereocenters. The Morgan fingerprint density at radius 1 is 1.16 bits per heavy atom. The molecule has 3 nitrogen and oxygen atoms in total. The zero-order valence-corrected chi connectivity index (χ0v) is 14.1. The number of rotatable bonds is 5. The summed E-state index contributed by atoms with van der Waals surface area (Å²) in [6, 6.07) is 2.02. The van der Waals surface area contributed by atoms with Gasteiger partial charge in [0.25, 0.3) is 0 Å². The average molecular weight is 355 g/mol. The van der Waals surface area contributed by atoms with Gasteiger partial charge >= 0.3 is 5.97 Å². The molecule has 0 saturated heterocycles. The number of allylic oxidation sites excluding steroid dienone is 1. The van der Waals surface area contributed by atoms with Gasteiger partial charge in [-0.1, -0.05) is 19.9 Å². The summed E-state index contributed by atoms with van der Waals surface area (Å²) < 4.78 is 60.6. The molecule has 0 bridgehead atoms. The van der Waals surface area contributed by atoms with Crippen molar-refractivity contribution in [1.82, 2.24) is 0 Å². The molecule has 1 aliphatic carbocycles. The third-order valence-corrected chi connectivity index (χ3v) is 5.17. The summed E-state index contributed by atoms with van der Waals surface area (Å²) in [6.45, 7) is 7.25. The van der Waals surface area contributed by atoms with Gasteiger partial charge < -0.3 is 4.74 Å². The first-order chi connectivity index (χ1) is 11.5. The SMILES string of the molecule is C=CCc1c(F)c(F)c(COC(=O)[C@@H]2C(C)(C)[C@]2(C)C#N)c(F)c1F. The molecule has 1 saturated carbocycles. The second-order valence-electron chi connectivity index (χ2n) is 6.78. The number of esters is 1. The third kappa shape index (κ3) is 2.70. The summed E-state index contributed by atoms with van der Waals surface area (Å²) in [5.74, 6) is -7.94. The van der Waals surface area contributed by atoms with Crippen molar-refractivity contribution < 1.29 is 27.1 Å². The van der Waals surface area contributed by atoms with Crippen LogP contribution in [0.3, 0.4) is 0 Å². The van der Waals surface area contributed by atoms with Crippen LogP contribution in [-0.4, -0.2) is 5.97 Å². The molecular weight excluding hydrogens is 338 g/mol. The Kier molecular flexibility index (Phi) is 4.69. The Labute approximate surface area is 142 Å². The van der Waals surface area contributed by atoms with Crippen LogP contribution >= 0.6 is 0 Å². The van der Waals surface area contributed by atoms with E-state index in [1.165, 1.54) is 0 Å². The molecule has 2 atom stereocenters. The van der Waals surface area contributed by atoms with Crippen LogP contribution in [0.2, 0.25) is 0 Å². The number of nitriles is 1. The van der Waals surface area contributed by atoms with Crippen LogP contribution < -0.4 is 0 Å². The van der Waals surface area contributed by atoms with Crippen LogP contribution in [0.15, 0.2) is 12.7 Å². The van der Waals surface area contributed by atoms with Crippen LogP contribution in [-0.2, 0) is 22.6 Å². The Balaban J connectivity index is 2.24. The maximum absolute atomic E-state index is 14.0. The van der Waals surface area contributed by atoms with E-state index in [9.17, 15) is 22.4 Å². The van der Waals surface area contributed by atoms with E-state index < -0.39 is 63.7 Å². The fraction of sp³-hybridized carbons (Fsp3) is 0.444. The number of nitrogens with zero attached hydrogens (tertiary/aromatic N) is 1. The lowest BCUT2D eigenvalue weighted by Crippen LogP contribution is -2.15. The van der Waals surface area contributed by atoms with E-state index in [-0.39, 0.29) is 6.42 Å². The van der Waals surface area contributed by atoms with Crippen molar-refractivity contribution in [1.29, 1.82) is 5.26 Å². The minimum absolute atomic E-state index is 0.387. The van der Waals surface area contributed by atoms with Gasteiger partial charge in [-0.2, -0.15) is 5.26 Å². The maximum Gasteiger partial charge on any atom is 0.311 e. The van der Waals surface area contributed by atoms with Crippen LogP contribution in [0, 0.1) is 51.3 Å². The van der Waals surface area contributed by atoms with Gasteiger partial charge in [-0.3, -0.25) is 4.79 Å². The van der Waals surface area contributed by atoms with E-state index in [2.05, 4.69) is 6.58 Å². The summed E-state index contributed by atoms with van der Waals surface area (Å²) in [5, 5.41) is 9.16. The highest BCUT2D eigenvalue weighted by molar-refractivity contribution is 5.80. The van der Waals surface area contributed by atoms with Crippen molar-refractivity contribution in [3.63, 3.8) is 0 Å². The van der Waals surface area contributed by atoms with Gasteiger partial charge in [-0.15, -0.1) is 6.58 Å². The number of halogens is 4. The fourth-order valence-corrected chi connectivity index (χ4v) is 3.12. The first-order valence-corrected chi connectivity index (χ1v) is 7.57. The molecule has 2 rings (SSSR count). The molecule has 0 N–H and O–H groups in total. The molecule has 1 fully saturated rings. The number of hydrogen-bond acceptors (Lipinski definition) is 3. The summed E-state index contributed by atoms with van der Waals surface area (Å²) in [6.07, 6.45) is 0.723. The monoisotopic (exact) mass is 355 g/mol. The molecule has 1 aromatic rings. The predicted octanol–water partition coefficient (Wildman–Crippen LogP) is 4.20. The van der Waals surface area contributed by atoms with Crippen molar-refractivity contribution >= 4 is 5.97 Å². The Morgan fingerprint density at radius 2 is 1.64 bits per heavy atom. The third-order valence-electron chi connectivity index (χ3n) is 5.17. The van der Waals surface area contributed by atoms with E-state index in [1.54, 1.807) is 20.8 Å². The fourth-order valence-electron chi connectivity index (χ4n) is 3.12. The van der Waals surface area contributed by atoms with Crippen LogP contribution in [0.25, 0.3) is 0 Å². The molecule has 25 heavy (non-hydrogen) atoms. The minimum Gasteiger partial charge on any atom is -0.460 e. The number of benzene rings is 1. The molecule has 0 aliphatic heterocycles.